The largest absolute Gasteiger partial charge is 0.462 e. The van der Waals surface area contributed by atoms with Crippen LogP contribution in [0.5, 0.6) is 0 Å². The van der Waals surface area contributed by atoms with Crippen LogP contribution < -0.4 is 0 Å². The zero-order valence-electron chi connectivity index (χ0n) is 54.2. The van der Waals surface area contributed by atoms with Gasteiger partial charge in [-0.3, -0.25) is 14.4 Å². The zero-order valence-corrected chi connectivity index (χ0v) is 54.2. The van der Waals surface area contributed by atoms with E-state index >= 15 is 0 Å². The maximum absolute atomic E-state index is 12.9. The predicted octanol–water partition coefficient (Wildman–Crippen LogP) is 24.1. The number of carbonyl (C=O) groups is 3. The van der Waals surface area contributed by atoms with Crippen LogP contribution in [0.2, 0.25) is 0 Å². The van der Waals surface area contributed by atoms with Gasteiger partial charge in [-0.1, -0.05) is 296 Å². The van der Waals surface area contributed by atoms with Gasteiger partial charge in [-0.25, -0.2) is 0 Å². The summed E-state index contributed by atoms with van der Waals surface area (Å²) in [7, 11) is 0. The van der Waals surface area contributed by atoms with Crippen molar-refractivity contribution in [1.29, 1.82) is 0 Å². The van der Waals surface area contributed by atoms with Crippen LogP contribution >= 0.6 is 0 Å². The molecule has 0 amide bonds. The minimum atomic E-state index is -0.801. The van der Waals surface area contributed by atoms with Gasteiger partial charge in [0.2, 0.25) is 0 Å². The first-order chi connectivity index (χ1) is 41.0. The Morgan fingerprint density at radius 3 is 0.795 bits per heavy atom. The van der Waals surface area contributed by atoms with Gasteiger partial charge < -0.3 is 14.2 Å². The SMILES string of the molecule is CC/C=C\C/C=C\C/C=C\C/C=C\C/C=C\C/C=C\C/C=C\C/C=C\C/C=C\CCCCCC(=O)OCC(COC(=O)CCCCCCC/C=C\CCCC)OC(=O)CCCCCCCCCCCCC/C=C\CCCCCCCCCC. The fourth-order valence-electron chi connectivity index (χ4n) is 9.41. The second-order valence-corrected chi connectivity index (χ2v) is 22.7. The van der Waals surface area contributed by atoms with Crippen LogP contribution in [0, 0.1) is 0 Å². The molecule has 0 aliphatic carbocycles. The Labute approximate surface area is 513 Å². The van der Waals surface area contributed by atoms with E-state index in [1.165, 1.54) is 141 Å². The molecule has 0 fully saturated rings. The Bertz CT molecular complexity index is 1750. The van der Waals surface area contributed by atoms with Gasteiger partial charge in [-0.05, 0) is 135 Å². The van der Waals surface area contributed by atoms with Gasteiger partial charge in [0.25, 0.3) is 0 Å². The van der Waals surface area contributed by atoms with E-state index in [0.717, 1.165) is 135 Å². The van der Waals surface area contributed by atoms with Gasteiger partial charge >= 0.3 is 17.9 Å². The molecule has 0 spiro atoms. The fraction of sp³-hybridized carbons (Fsp3) is 0.675. The van der Waals surface area contributed by atoms with Crippen molar-refractivity contribution in [2.45, 2.75) is 322 Å². The Kier molecular flexibility index (Phi) is 66.3. The average molecular weight is 1150 g/mol. The van der Waals surface area contributed by atoms with Crippen molar-refractivity contribution in [3.8, 4) is 0 Å². The van der Waals surface area contributed by atoms with Gasteiger partial charge in [0.05, 0.1) is 0 Å². The molecular weight excluding hydrogens is 1020 g/mol. The van der Waals surface area contributed by atoms with Crippen LogP contribution in [0.3, 0.4) is 0 Å². The molecule has 0 saturated carbocycles. The van der Waals surface area contributed by atoms with Crippen molar-refractivity contribution in [1.82, 2.24) is 0 Å². The predicted molar refractivity (Wildman–Crippen MR) is 362 cm³/mol. The van der Waals surface area contributed by atoms with Crippen LogP contribution in [0.1, 0.15) is 316 Å². The number of hydrogen-bond donors (Lipinski definition) is 0. The van der Waals surface area contributed by atoms with E-state index < -0.39 is 6.10 Å². The highest BCUT2D eigenvalue weighted by atomic mass is 16.6. The number of carbonyl (C=O) groups excluding carboxylic acids is 3. The molecule has 0 N–H and O–H groups in total. The normalized spacial score (nSPS) is 13.0. The van der Waals surface area contributed by atoms with Crippen LogP contribution in [0.4, 0.5) is 0 Å². The lowest BCUT2D eigenvalue weighted by Crippen LogP contribution is -2.30. The summed E-state index contributed by atoms with van der Waals surface area (Å²) in [6.07, 6.45) is 99.1. The standard InChI is InChI=1S/C77H128O6/c1-4-7-10-13-16-19-22-24-26-28-30-32-34-35-36-37-38-39-40-41-43-44-46-48-50-52-55-58-61-64-67-70-76(79)82-73-74(72-81-75(78)69-66-63-60-57-54-21-18-15-12-9-6-3)83-77(80)71-68-65-62-59-56-53-51-49-47-45-42-33-31-29-27-25-23-20-17-14-11-8-5-2/h7,10,15-16,18-19,24,26,29-32,35-36,38-39,41,43,46,48,52,55,74H,4-6,8-9,11-14,17,20-23,25,27-28,33-34,37,40,42,44-45,47,49-51,53-54,56-73H2,1-3H3/b10-7-,18-15-,19-16-,26-24-,31-29-,32-30-,36-35-,39-38-,43-41-,48-46-,55-52-. The maximum atomic E-state index is 12.9. The minimum absolute atomic E-state index is 0.0953. The van der Waals surface area contributed by atoms with E-state index in [0.29, 0.717) is 19.3 Å². The number of hydrogen-bond acceptors (Lipinski definition) is 6. The van der Waals surface area contributed by atoms with E-state index in [2.05, 4.69) is 154 Å². The van der Waals surface area contributed by atoms with E-state index in [1.54, 1.807) is 0 Å². The molecule has 0 bridgehead atoms. The van der Waals surface area contributed by atoms with Gasteiger partial charge in [-0.15, -0.1) is 0 Å². The second kappa shape index (κ2) is 70.0. The Balaban J connectivity index is 4.34. The molecule has 6 heteroatoms. The number of ether oxygens (including phenoxy) is 3. The molecule has 0 rings (SSSR count). The van der Waals surface area contributed by atoms with Gasteiger partial charge in [0, 0.05) is 19.3 Å². The third-order valence-electron chi connectivity index (χ3n) is 14.6. The molecule has 0 aliphatic rings. The fourth-order valence-corrected chi connectivity index (χ4v) is 9.41. The topological polar surface area (TPSA) is 78.9 Å². The number of rotatable bonds is 62. The molecule has 0 radical (unpaired) electrons. The van der Waals surface area contributed by atoms with Crippen molar-refractivity contribution in [3.05, 3.63) is 134 Å². The quantitative estimate of drug-likeness (QED) is 0.0261. The highest BCUT2D eigenvalue weighted by Gasteiger charge is 2.19. The molecule has 0 saturated heterocycles. The Morgan fingerprint density at radius 2 is 0.482 bits per heavy atom. The summed E-state index contributed by atoms with van der Waals surface area (Å²) in [6, 6.07) is 0. The van der Waals surface area contributed by atoms with Crippen molar-refractivity contribution in [3.63, 3.8) is 0 Å². The third kappa shape index (κ3) is 68.2. The van der Waals surface area contributed by atoms with Gasteiger partial charge in [-0.2, -0.15) is 0 Å². The summed E-state index contributed by atoms with van der Waals surface area (Å²) in [5.41, 5.74) is 0. The smallest absolute Gasteiger partial charge is 0.306 e. The van der Waals surface area contributed by atoms with Crippen LogP contribution in [-0.2, 0) is 28.6 Å². The van der Waals surface area contributed by atoms with E-state index in [1.807, 2.05) is 0 Å². The molecule has 0 heterocycles. The number of unbranched alkanes of at least 4 members (excludes halogenated alkanes) is 29. The number of esters is 3. The Morgan fingerprint density at radius 1 is 0.253 bits per heavy atom. The van der Waals surface area contributed by atoms with E-state index in [-0.39, 0.29) is 31.1 Å². The monoisotopic (exact) mass is 1150 g/mol. The van der Waals surface area contributed by atoms with Crippen molar-refractivity contribution < 1.29 is 28.6 Å². The molecule has 0 aromatic rings. The van der Waals surface area contributed by atoms with Gasteiger partial charge in [0.15, 0.2) is 6.10 Å². The molecule has 0 aliphatic heterocycles. The molecule has 472 valence electrons. The van der Waals surface area contributed by atoms with Crippen molar-refractivity contribution >= 4 is 17.9 Å². The van der Waals surface area contributed by atoms with E-state index in [9.17, 15) is 14.4 Å². The average Bonchev–Trinajstić information content (AvgIpc) is 3.48. The van der Waals surface area contributed by atoms with Crippen LogP contribution in [0.25, 0.3) is 0 Å². The molecular formula is C77H128O6. The van der Waals surface area contributed by atoms with Crippen LogP contribution in [-0.4, -0.2) is 37.2 Å². The zero-order chi connectivity index (χ0) is 59.9. The highest BCUT2D eigenvalue weighted by Crippen LogP contribution is 2.16. The molecule has 1 unspecified atom stereocenters. The first-order valence-electron chi connectivity index (χ1n) is 34.7. The van der Waals surface area contributed by atoms with E-state index in [4.69, 9.17) is 14.2 Å². The van der Waals surface area contributed by atoms with Crippen molar-refractivity contribution in [2.24, 2.45) is 0 Å². The van der Waals surface area contributed by atoms with Crippen LogP contribution in [0.15, 0.2) is 134 Å². The first-order valence-corrected chi connectivity index (χ1v) is 34.7. The Hall–Kier alpha value is -4.45. The summed E-state index contributed by atoms with van der Waals surface area (Å²) in [5.74, 6) is -0.934. The summed E-state index contributed by atoms with van der Waals surface area (Å²) in [4.78, 5) is 38.3. The lowest BCUT2D eigenvalue weighted by molar-refractivity contribution is -0.167. The maximum Gasteiger partial charge on any atom is 0.306 e. The second-order valence-electron chi connectivity index (χ2n) is 22.7. The first kappa shape index (κ1) is 78.5. The molecule has 83 heavy (non-hydrogen) atoms. The molecule has 6 nitrogen and oxygen atoms in total. The molecule has 1 atom stereocenters. The summed E-state index contributed by atoms with van der Waals surface area (Å²) < 4.78 is 16.9. The lowest BCUT2D eigenvalue weighted by atomic mass is 10.0. The third-order valence-corrected chi connectivity index (χ3v) is 14.6. The summed E-state index contributed by atoms with van der Waals surface area (Å²) >= 11 is 0. The molecule has 0 aromatic heterocycles. The van der Waals surface area contributed by atoms with Gasteiger partial charge in [0.1, 0.15) is 13.2 Å². The minimum Gasteiger partial charge on any atom is -0.462 e. The number of allylic oxidation sites excluding steroid dienone is 22. The summed E-state index contributed by atoms with van der Waals surface area (Å²) in [5, 5.41) is 0. The summed E-state index contributed by atoms with van der Waals surface area (Å²) in [6.45, 7) is 6.47. The lowest BCUT2D eigenvalue weighted by Gasteiger charge is -2.18. The van der Waals surface area contributed by atoms with Crippen molar-refractivity contribution in [2.75, 3.05) is 13.2 Å². The highest BCUT2D eigenvalue weighted by molar-refractivity contribution is 5.71. The molecule has 0 aromatic carbocycles.